The topological polar surface area (TPSA) is 59.0 Å². The van der Waals surface area contributed by atoms with E-state index in [1.165, 1.54) is 5.69 Å². The van der Waals surface area contributed by atoms with Crippen LogP contribution in [0.1, 0.15) is 41.0 Å². The van der Waals surface area contributed by atoms with E-state index in [2.05, 4.69) is 15.7 Å². The van der Waals surface area contributed by atoms with E-state index in [1.54, 1.807) is 0 Å². The molecule has 0 spiro atoms. The number of fused-ring (bicyclic) bond motifs is 1. The molecule has 5 nitrogen and oxygen atoms in total. The molecule has 23 heavy (non-hydrogen) atoms. The molecule has 0 saturated carbocycles. The summed E-state index contributed by atoms with van der Waals surface area (Å²) in [5.41, 5.74) is 4.00. The molecule has 2 aromatic rings. The van der Waals surface area contributed by atoms with E-state index in [0.29, 0.717) is 5.69 Å². The average molecular weight is 310 g/mol. The minimum Gasteiger partial charge on any atom is -0.348 e. The highest BCUT2D eigenvalue weighted by Gasteiger charge is 2.28. The fraction of sp³-hybridized carbons (Fsp3) is 0.444. The van der Waals surface area contributed by atoms with Crippen molar-refractivity contribution >= 4 is 5.91 Å². The lowest BCUT2D eigenvalue weighted by Gasteiger charge is -2.23. The largest absolute Gasteiger partial charge is 0.348 e. The van der Waals surface area contributed by atoms with Crippen LogP contribution in [0.3, 0.4) is 0 Å². The van der Waals surface area contributed by atoms with Gasteiger partial charge in [-0.05, 0) is 57.3 Å². The zero-order valence-corrected chi connectivity index (χ0v) is 13.2. The molecule has 1 saturated heterocycles. The van der Waals surface area contributed by atoms with Gasteiger partial charge in [-0.25, -0.2) is 4.68 Å². The van der Waals surface area contributed by atoms with Gasteiger partial charge in [-0.2, -0.15) is 5.10 Å². The number of para-hydroxylation sites is 1. The standard InChI is InChI=1S/C18H22N4O/c23-18(20-13-9-11-19-12-10-13)17-15-7-4-8-16(15)22(21-17)14-5-2-1-3-6-14/h1-3,5-6,13,19H,4,7-12H2,(H,20,23). The molecule has 0 radical (unpaired) electrons. The summed E-state index contributed by atoms with van der Waals surface area (Å²) in [6, 6.07) is 10.4. The number of piperidine rings is 1. The molecule has 2 aliphatic rings. The van der Waals surface area contributed by atoms with E-state index in [-0.39, 0.29) is 11.9 Å². The van der Waals surface area contributed by atoms with E-state index < -0.39 is 0 Å². The number of nitrogens with one attached hydrogen (secondary N) is 2. The number of rotatable bonds is 3. The van der Waals surface area contributed by atoms with Gasteiger partial charge in [0.05, 0.1) is 5.69 Å². The van der Waals surface area contributed by atoms with Crippen molar-refractivity contribution in [2.24, 2.45) is 0 Å². The van der Waals surface area contributed by atoms with E-state index in [9.17, 15) is 4.79 Å². The lowest BCUT2D eigenvalue weighted by Crippen LogP contribution is -2.43. The van der Waals surface area contributed by atoms with Crippen LogP contribution in [0.15, 0.2) is 30.3 Å². The average Bonchev–Trinajstić information content (AvgIpc) is 3.18. The van der Waals surface area contributed by atoms with E-state index >= 15 is 0 Å². The van der Waals surface area contributed by atoms with Crippen LogP contribution in [0, 0.1) is 0 Å². The fourth-order valence-electron chi connectivity index (χ4n) is 3.62. The first-order chi connectivity index (χ1) is 11.3. The zero-order chi connectivity index (χ0) is 15.6. The highest BCUT2D eigenvalue weighted by atomic mass is 16.2. The van der Waals surface area contributed by atoms with Crippen LogP contribution in [-0.4, -0.2) is 34.8 Å². The molecule has 2 heterocycles. The van der Waals surface area contributed by atoms with Gasteiger partial charge in [-0.1, -0.05) is 18.2 Å². The molecule has 120 valence electrons. The highest BCUT2D eigenvalue weighted by Crippen LogP contribution is 2.27. The van der Waals surface area contributed by atoms with E-state index in [0.717, 1.165) is 56.4 Å². The van der Waals surface area contributed by atoms with Crippen LogP contribution in [-0.2, 0) is 12.8 Å². The Morgan fingerprint density at radius 3 is 2.74 bits per heavy atom. The van der Waals surface area contributed by atoms with Gasteiger partial charge in [0.1, 0.15) is 0 Å². The Bertz CT molecular complexity index is 701. The summed E-state index contributed by atoms with van der Waals surface area (Å²) in [6.07, 6.45) is 5.04. The molecule has 2 N–H and O–H groups in total. The number of carbonyl (C=O) groups excluding carboxylic acids is 1. The third kappa shape index (κ3) is 2.77. The first-order valence-electron chi connectivity index (χ1n) is 8.51. The number of nitrogens with zero attached hydrogens (tertiary/aromatic N) is 2. The van der Waals surface area contributed by atoms with Gasteiger partial charge in [-0.15, -0.1) is 0 Å². The molecule has 1 aliphatic carbocycles. The summed E-state index contributed by atoms with van der Waals surface area (Å²) in [7, 11) is 0. The molecule has 5 heteroatoms. The van der Waals surface area contributed by atoms with Crippen LogP contribution in [0.5, 0.6) is 0 Å². The van der Waals surface area contributed by atoms with Crippen LogP contribution in [0.25, 0.3) is 5.69 Å². The number of hydrogen-bond acceptors (Lipinski definition) is 3. The Hall–Kier alpha value is -2.14. The van der Waals surface area contributed by atoms with Gasteiger partial charge >= 0.3 is 0 Å². The molecule has 0 atom stereocenters. The summed E-state index contributed by atoms with van der Waals surface area (Å²) in [5, 5.41) is 11.2. The van der Waals surface area contributed by atoms with Crippen molar-refractivity contribution in [3.05, 3.63) is 47.3 Å². The van der Waals surface area contributed by atoms with Crippen molar-refractivity contribution in [1.82, 2.24) is 20.4 Å². The minimum absolute atomic E-state index is 0.00951. The van der Waals surface area contributed by atoms with Crippen molar-refractivity contribution in [3.8, 4) is 5.69 Å². The number of aromatic nitrogens is 2. The number of carbonyl (C=O) groups is 1. The van der Waals surface area contributed by atoms with Gasteiger partial charge < -0.3 is 10.6 Å². The Morgan fingerprint density at radius 2 is 1.96 bits per heavy atom. The molecule has 1 fully saturated rings. The quantitative estimate of drug-likeness (QED) is 0.909. The third-order valence-corrected chi connectivity index (χ3v) is 4.82. The van der Waals surface area contributed by atoms with Crippen molar-refractivity contribution in [2.45, 2.75) is 38.1 Å². The van der Waals surface area contributed by atoms with E-state index in [1.807, 2.05) is 35.0 Å². The predicted molar refractivity (Wildman–Crippen MR) is 88.9 cm³/mol. The maximum Gasteiger partial charge on any atom is 0.272 e. The van der Waals surface area contributed by atoms with Crippen LogP contribution in [0.2, 0.25) is 0 Å². The SMILES string of the molecule is O=C(NC1CCNCC1)c1nn(-c2ccccc2)c2c1CCC2. The van der Waals surface area contributed by atoms with Crippen LogP contribution >= 0.6 is 0 Å². The summed E-state index contributed by atoms with van der Waals surface area (Å²) in [6.45, 7) is 1.95. The second kappa shape index (κ2) is 6.16. The second-order valence-electron chi connectivity index (χ2n) is 6.37. The molecule has 0 unspecified atom stereocenters. The summed E-state index contributed by atoms with van der Waals surface area (Å²) in [4.78, 5) is 12.7. The van der Waals surface area contributed by atoms with Crippen molar-refractivity contribution in [1.29, 1.82) is 0 Å². The Balaban J connectivity index is 1.63. The highest BCUT2D eigenvalue weighted by molar-refractivity contribution is 5.94. The molecular weight excluding hydrogens is 288 g/mol. The van der Waals surface area contributed by atoms with Crippen molar-refractivity contribution < 1.29 is 4.79 Å². The van der Waals surface area contributed by atoms with Gasteiger partial charge in [-0.3, -0.25) is 4.79 Å². The number of amides is 1. The monoisotopic (exact) mass is 310 g/mol. The smallest absolute Gasteiger partial charge is 0.272 e. The minimum atomic E-state index is -0.00951. The zero-order valence-electron chi connectivity index (χ0n) is 13.2. The first kappa shape index (κ1) is 14.5. The maximum absolute atomic E-state index is 12.7. The molecule has 1 amide bonds. The summed E-state index contributed by atoms with van der Waals surface area (Å²) >= 11 is 0. The fourth-order valence-corrected chi connectivity index (χ4v) is 3.62. The first-order valence-corrected chi connectivity index (χ1v) is 8.51. The lowest BCUT2D eigenvalue weighted by atomic mass is 10.1. The normalized spacial score (nSPS) is 17.9. The summed E-state index contributed by atoms with van der Waals surface area (Å²) in [5.74, 6) is -0.00951. The van der Waals surface area contributed by atoms with Gasteiger partial charge in [0, 0.05) is 17.3 Å². The number of hydrogen-bond donors (Lipinski definition) is 2. The van der Waals surface area contributed by atoms with Crippen molar-refractivity contribution in [3.63, 3.8) is 0 Å². The molecule has 1 aromatic carbocycles. The van der Waals surface area contributed by atoms with Crippen molar-refractivity contribution in [2.75, 3.05) is 13.1 Å². The Morgan fingerprint density at radius 1 is 1.17 bits per heavy atom. The predicted octanol–water partition coefficient (Wildman–Crippen LogP) is 1.84. The number of benzene rings is 1. The van der Waals surface area contributed by atoms with Crippen LogP contribution in [0.4, 0.5) is 0 Å². The maximum atomic E-state index is 12.7. The van der Waals surface area contributed by atoms with E-state index in [4.69, 9.17) is 0 Å². The van der Waals surface area contributed by atoms with Gasteiger partial charge in [0.25, 0.3) is 5.91 Å². The van der Waals surface area contributed by atoms with Gasteiger partial charge in [0.2, 0.25) is 0 Å². The molecule has 1 aliphatic heterocycles. The second-order valence-corrected chi connectivity index (χ2v) is 6.37. The molecule has 4 rings (SSSR count). The molecular formula is C18H22N4O. The van der Waals surface area contributed by atoms with Crippen LogP contribution < -0.4 is 10.6 Å². The Kier molecular flexibility index (Phi) is 3.87. The molecule has 1 aromatic heterocycles. The molecule has 0 bridgehead atoms. The summed E-state index contributed by atoms with van der Waals surface area (Å²) < 4.78 is 1.96. The Labute approximate surface area is 136 Å². The van der Waals surface area contributed by atoms with Gasteiger partial charge in [0.15, 0.2) is 5.69 Å². The third-order valence-electron chi connectivity index (χ3n) is 4.82. The lowest BCUT2D eigenvalue weighted by molar-refractivity contribution is 0.0923.